The summed E-state index contributed by atoms with van der Waals surface area (Å²) in [6.45, 7) is 4.42. The van der Waals surface area contributed by atoms with Gasteiger partial charge in [-0.1, -0.05) is 30.3 Å². The van der Waals surface area contributed by atoms with Gasteiger partial charge in [-0.05, 0) is 43.7 Å². The number of rotatable bonds is 8. The predicted octanol–water partition coefficient (Wildman–Crippen LogP) is 2.89. The molecular weight excluding hydrogens is 355 g/mol. The van der Waals surface area contributed by atoms with Crippen molar-refractivity contribution in [3.63, 3.8) is 0 Å². The summed E-state index contributed by atoms with van der Waals surface area (Å²) >= 11 is 0. The molecule has 0 spiro atoms. The lowest BCUT2D eigenvalue weighted by molar-refractivity contribution is -0.131. The Hall–Kier alpha value is -2.25. The monoisotopic (exact) mass is 378 g/mol. The lowest BCUT2D eigenvalue weighted by atomic mass is 10.2. The first kappa shape index (κ1) is 20.1. The molecule has 0 atom stereocenters. The standard InChI is InChI=1S/C19H23FN2O3S/c1-3-21(4-2)19(23)15-22(14-16-10-12-17(20)13-11-16)26(24,25)18-8-6-5-7-9-18/h5-13H,3-4,14-15H2,1-2H3. The third-order valence-corrected chi connectivity index (χ3v) is 5.89. The zero-order valence-electron chi connectivity index (χ0n) is 14.9. The fraction of sp³-hybridized carbons (Fsp3) is 0.316. The fourth-order valence-corrected chi connectivity index (χ4v) is 3.99. The SMILES string of the molecule is CCN(CC)C(=O)CN(Cc1ccc(F)cc1)S(=O)(=O)c1ccccc1. The second-order valence-electron chi connectivity index (χ2n) is 5.78. The van der Waals surface area contributed by atoms with E-state index in [1.807, 2.05) is 13.8 Å². The third kappa shape index (κ3) is 4.89. The molecule has 0 aliphatic heterocycles. The van der Waals surface area contributed by atoms with E-state index in [0.717, 1.165) is 4.31 Å². The summed E-state index contributed by atoms with van der Waals surface area (Å²) in [5.41, 5.74) is 0.609. The van der Waals surface area contributed by atoms with Crippen molar-refractivity contribution in [1.82, 2.24) is 9.21 Å². The van der Waals surface area contributed by atoms with Crippen molar-refractivity contribution < 1.29 is 17.6 Å². The summed E-state index contributed by atoms with van der Waals surface area (Å²) in [6, 6.07) is 13.6. The Balaban J connectivity index is 2.34. The lowest BCUT2D eigenvalue weighted by Gasteiger charge is -2.26. The van der Waals surface area contributed by atoms with E-state index < -0.39 is 15.8 Å². The Kier molecular flexibility index (Phi) is 6.88. The molecule has 7 heteroatoms. The third-order valence-electron chi connectivity index (χ3n) is 4.08. The molecule has 0 aliphatic rings. The van der Waals surface area contributed by atoms with Crippen LogP contribution in [-0.2, 0) is 21.4 Å². The Labute approximate surface area is 154 Å². The fourth-order valence-electron chi connectivity index (χ4n) is 2.59. The molecule has 0 heterocycles. The Morgan fingerprint density at radius 1 is 0.962 bits per heavy atom. The predicted molar refractivity (Wildman–Crippen MR) is 98.4 cm³/mol. The van der Waals surface area contributed by atoms with Crippen LogP contribution in [0.3, 0.4) is 0 Å². The highest BCUT2D eigenvalue weighted by molar-refractivity contribution is 7.89. The first-order valence-electron chi connectivity index (χ1n) is 8.46. The number of nitrogens with zero attached hydrogens (tertiary/aromatic N) is 2. The molecule has 0 bridgehead atoms. The molecule has 0 unspecified atom stereocenters. The normalized spacial score (nSPS) is 11.5. The molecule has 140 valence electrons. The average molecular weight is 378 g/mol. The van der Waals surface area contributed by atoms with Crippen molar-refractivity contribution >= 4 is 15.9 Å². The molecule has 0 aromatic heterocycles. The molecule has 0 fully saturated rings. The number of likely N-dealkylation sites (N-methyl/N-ethyl adjacent to an activating group) is 1. The molecule has 2 aromatic carbocycles. The van der Waals surface area contributed by atoms with Gasteiger partial charge in [-0.15, -0.1) is 0 Å². The molecule has 0 N–H and O–H groups in total. The average Bonchev–Trinajstić information content (AvgIpc) is 2.64. The number of carbonyl (C=O) groups is 1. The van der Waals surface area contributed by atoms with Crippen LogP contribution in [0.4, 0.5) is 4.39 Å². The van der Waals surface area contributed by atoms with Gasteiger partial charge in [-0.2, -0.15) is 4.31 Å². The zero-order valence-corrected chi connectivity index (χ0v) is 15.7. The minimum absolute atomic E-state index is 0.00941. The molecule has 0 radical (unpaired) electrons. The molecule has 2 rings (SSSR count). The second-order valence-corrected chi connectivity index (χ2v) is 7.72. The van der Waals surface area contributed by atoms with E-state index in [1.165, 1.54) is 36.4 Å². The molecule has 0 saturated carbocycles. The molecule has 0 saturated heterocycles. The first-order valence-corrected chi connectivity index (χ1v) is 9.90. The number of amides is 1. The van der Waals surface area contributed by atoms with Gasteiger partial charge in [0, 0.05) is 19.6 Å². The van der Waals surface area contributed by atoms with Crippen LogP contribution < -0.4 is 0 Å². The Bertz CT molecular complexity index is 820. The molecule has 2 aromatic rings. The van der Waals surface area contributed by atoms with Gasteiger partial charge in [0.2, 0.25) is 15.9 Å². The molecule has 0 aliphatic carbocycles. The van der Waals surface area contributed by atoms with Crippen molar-refractivity contribution in [2.45, 2.75) is 25.3 Å². The topological polar surface area (TPSA) is 57.7 Å². The first-order chi connectivity index (χ1) is 12.4. The van der Waals surface area contributed by atoms with E-state index in [9.17, 15) is 17.6 Å². The molecule has 26 heavy (non-hydrogen) atoms. The summed E-state index contributed by atoms with van der Waals surface area (Å²) in [6.07, 6.45) is 0. The summed E-state index contributed by atoms with van der Waals surface area (Å²) in [4.78, 5) is 14.2. The van der Waals surface area contributed by atoms with Crippen molar-refractivity contribution in [2.75, 3.05) is 19.6 Å². The van der Waals surface area contributed by atoms with Gasteiger partial charge < -0.3 is 4.90 Å². The van der Waals surface area contributed by atoms with Crippen LogP contribution >= 0.6 is 0 Å². The van der Waals surface area contributed by atoms with Gasteiger partial charge in [0.25, 0.3) is 0 Å². The number of hydrogen-bond acceptors (Lipinski definition) is 3. The minimum atomic E-state index is -3.86. The minimum Gasteiger partial charge on any atom is -0.342 e. The maximum Gasteiger partial charge on any atom is 0.243 e. The summed E-state index contributed by atoms with van der Waals surface area (Å²) in [7, 11) is -3.86. The van der Waals surface area contributed by atoms with Gasteiger partial charge in [-0.3, -0.25) is 4.79 Å². The summed E-state index contributed by atoms with van der Waals surface area (Å²) < 4.78 is 40.3. The number of carbonyl (C=O) groups excluding carboxylic acids is 1. The maximum atomic E-state index is 13.1. The van der Waals surface area contributed by atoms with Crippen molar-refractivity contribution in [3.05, 3.63) is 66.0 Å². The summed E-state index contributed by atoms with van der Waals surface area (Å²) in [5, 5.41) is 0. The number of benzene rings is 2. The lowest BCUT2D eigenvalue weighted by Crippen LogP contribution is -2.42. The van der Waals surface area contributed by atoms with Crippen molar-refractivity contribution in [2.24, 2.45) is 0 Å². The van der Waals surface area contributed by atoms with E-state index in [0.29, 0.717) is 18.7 Å². The quantitative estimate of drug-likeness (QED) is 0.710. The van der Waals surface area contributed by atoms with Crippen LogP contribution in [0.1, 0.15) is 19.4 Å². The Morgan fingerprint density at radius 3 is 2.08 bits per heavy atom. The van der Waals surface area contributed by atoms with Crippen LogP contribution in [-0.4, -0.2) is 43.2 Å². The number of hydrogen-bond donors (Lipinski definition) is 0. The van der Waals surface area contributed by atoms with E-state index >= 15 is 0 Å². The van der Waals surface area contributed by atoms with E-state index in [2.05, 4.69) is 0 Å². The van der Waals surface area contributed by atoms with Crippen LogP contribution in [0, 0.1) is 5.82 Å². The molecule has 1 amide bonds. The second kappa shape index (κ2) is 8.91. The van der Waals surface area contributed by atoms with Crippen molar-refractivity contribution in [3.8, 4) is 0 Å². The van der Waals surface area contributed by atoms with Gasteiger partial charge in [-0.25, -0.2) is 12.8 Å². The number of sulfonamides is 1. The van der Waals surface area contributed by atoms with E-state index in [4.69, 9.17) is 0 Å². The molecular formula is C19H23FN2O3S. The number of halogens is 1. The van der Waals surface area contributed by atoms with Crippen LogP contribution in [0.25, 0.3) is 0 Å². The van der Waals surface area contributed by atoms with Gasteiger partial charge in [0.15, 0.2) is 0 Å². The van der Waals surface area contributed by atoms with E-state index in [1.54, 1.807) is 23.1 Å². The Morgan fingerprint density at radius 2 is 1.54 bits per heavy atom. The highest BCUT2D eigenvalue weighted by atomic mass is 32.2. The maximum absolute atomic E-state index is 13.1. The van der Waals surface area contributed by atoms with Gasteiger partial charge >= 0.3 is 0 Å². The smallest absolute Gasteiger partial charge is 0.243 e. The molecule has 5 nitrogen and oxygen atoms in total. The van der Waals surface area contributed by atoms with Gasteiger partial charge in [0.1, 0.15) is 5.82 Å². The van der Waals surface area contributed by atoms with Crippen LogP contribution in [0.2, 0.25) is 0 Å². The highest BCUT2D eigenvalue weighted by Gasteiger charge is 2.28. The summed E-state index contributed by atoms with van der Waals surface area (Å²) in [5.74, 6) is -0.665. The highest BCUT2D eigenvalue weighted by Crippen LogP contribution is 2.18. The van der Waals surface area contributed by atoms with Crippen LogP contribution in [0.5, 0.6) is 0 Å². The van der Waals surface area contributed by atoms with Crippen molar-refractivity contribution in [1.29, 1.82) is 0 Å². The van der Waals surface area contributed by atoms with Gasteiger partial charge in [0.05, 0.1) is 11.4 Å². The zero-order chi connectivity index (χ0) is 19.2. The largest absolute Gasteiger partial charge is 0.342 e. The van der Waals surface area contributed by atoms with Crippen LogP contribution in [0.15, 0.2) is 59.5 Å². The van der Waals surface area contributed by atoms with E-state index in [-0.39, 0.29) is 23.9 Å².